The molecule has 1 N–H and O–H groups in total. The highest BCUT2D eigenvalue weighted by molar-refractivity contribution is 7.11. The molecule has 1 aromatic heterocycles. The maximum Gasteiger partial charge on any atom is 0.0897 e. The van der Waals surface area contributed by atoms with Crippen molar-refractivity contribution in [2.75, 3.05) is 6.54 Å². The minimum absolute atomic E-state index is 0.501. The Morgan fingerprint density at radius 2 is 2.19 bits per heavy atom. The van der Waals surface area contributed by atoms with E-state index in [0.29, 0.717) is 6.04 Å². The van der Waals surface area contributed by atoms with Gasteiger partial charge >= 0.3 is 0 Å². The van der Waals surface area contributed by atoms with Crippen LogP contribution in [0.3, 0.4) is 0 Å². The fraction of sp³-hybridized carbons (Fsp3) is 0.769. The Labute approximate surface area is 103 Å². The quantitative estimate of drug-likeness (QED) is 0.781. The van der Waals surface area contributed by atoms with Crippen molar-refractivity contribution in [2.45, 2.75) is 53.0 Å². The molecule has 3 heteroatoms. The topological polar surface area (TPSA) is 24.9 Å². The van der Waals surface area contributed by atoms with Crippen molar-refractivity contribution in [3.05, 3.63) is 16.1 Å². The van der Waals surface area contributed by atoms with Crippen molar-refractivity contribution in [3.63, 3.8) is 0 Å². The summed E-state index contributed by atoms with van der Waals surface area (Å²) < 4.78 is 0. The molecule has 0 radical (unpaired) electrons. The van der Waals surface area contributed by atoms with Crippen molar-refractivity contribution in [3.8, 4) is 0 Å². The summed E-state index contributed by atoms with van der Waals surface area (Å²) in [6.45, 7) is 9.98. The van der Waals surface area contributed by atoms with E-state index in [-0.39, 0.29) is 0 Å². The van der Waals surface area contributed by atoms with Gasteiger partial charge in [-0.05, 0) is 32.2 Å². The van der Waals surface area contributed by atoms with Gasteiger partial charge in [-0.25, -0.2) is 4.98 Å². The van der Waals surface area contributed by atoms with Gasteiger partial charge in [-0.1, -0.05) is 27.2 Å². The second-order valence-corrected chi connectivity index (χ2v) is 5.80. The SMILES string of the molecule is CCCNC(CC(C)CC)c1cnc(C)s1. The molecule has 92 valence electrons. The van der Waals surface area contributed by atoms with E-state index in [1.165, 1.54) is 29.1 Å². The molecule has 1 rings (SSSR count). The second-order valence-electron chi connectivity index (χ2n) is 4.54. The monoisotopic (exact) mass is 240 g/mol. The van der Waals surface area contributed by atoms with Crippen LogP contribution in [0, 0.1) is 12.8 Å². The molecular weight excluding hydrogens is 216 g/mol. The molecule has 0 saturated carbocycles. The molecule has 1 heterocycles. The van der Waals surface area contributed by atoms with Gasteiger partial charge in [0, 0.05) is 17.1 Å². The molecule has 0 bridgehead atoms. The summed E-state index contributed by atoms with van der Waals surface area (Å²) in [7, 11) is 0. The first kappa shape index (κ1) is 13.7. The number of hydrogen-bond acceptors (Lipinski definition) is 3. The van der Waals surface area contributed by atoms with E-state index in [1.807, 2.05) is 17.5 Å². The molecule has 2 unspecified atom stereocenters. The highest BCUT2D eigenvalue weighted by atomic mass is 32.1. The molecule has 0 aliphatic rings. The van der Waals surface area contributed by atoms with Crippen LogP contribution in [0.1, 0.15) is 56.0 Å². The second kappa shape index (κ2) is 7.02. The minimum Gasteiger partial charge on any atom is -0.309 e. The van der Waals surface area contributed by atoms with E-state index in [2.05, 4.69) is 38.0 Å². The zero-order chi connectivity index (χ0) is 12.0. The van der Waals surface area contributed by atoms with Gasteiger partial charge in [0.25, 0.3) is 0 Å². The summed E-state index contributed by atoms with van der Waals surface area (Å²) in [5, 5.41) is 4.80. The van der Waals surface area contributed by atoms with Crippen molar-refractivity contribution in [1.29, 1.82) is 0 Å². The van der Waals surface area contributed by atoms with Gasteiger partial charge in [0.1, 0.15) is 0 Å². The van der Waals surface area contributed by atoms with Crippen molar-refractivity contribution >= 4 is 11.3 Å². The third-order valence-corrected chi connectivity index (χ3v) is 3.98. The fourth-order valence-corrected chi connectivity index (χ4v) is 2.60. The molecule has 1 aromatic rings. The lowest BCUT2D eigenvalue weighted by Crippen LogP contribution is -2.23. The normalized spacial score (nSPS) is 15.0. The summed E-state index contributed by atoms with van der Waals surface area (Å²) in [4.78, 5) is 5.75. The number of rotatable bonds is 7. The Kier molecular flexibility index (Phi) is 5.99. The Balaban J connectivity index is 2.62. The van der Waals surface area contributed by atoms with Crippen molar-refractivity contribution in [1.82, 2.24) is 10.3 Å². The Morgan fingerprint density at radius 1 is 1.44 bits per heavy atom. The lowest BCUT2D eigenvalue weighted by molar-refractivity contribution is 0.406. The van der Waals surface area contributed by atoms with E-state index < -0.39 is 0 Å². The van der Waals surface area contributed by atoms with Gasteiger partial charge < -0.3 is 5.32 Å². The number of aromatic nitrogens is 1. The third-order valence-electron chi connectivity index (χ3n) is 2.96. The number of thiazole rings is 1. The molecule has 16 heavy (non-hydrogen) atoms. The van der Waals surface area contributed by atoms with Gasteiger partial charge in [0.05, 0.1) is 5.01 Å². The number of nitrogens with zero attached hydrogens (tertiary/aromatic N) is 1. The van der Waals surface area contributed by atoms with Crippen LogP contribution in [0.2, 0.25) is 0 Å². The summed E-state index contributed by atoms with van der Waals surface area (Å²) in [5.74, 6) is 0.775. The molecule has 0 aliphatic heterocycles. The molecule has 0 amide bonds. The first-order chi connectivity index (χ1) is 7.67. The molecule has 0 aliphatic carbocycles. The van der Waals surface area contributed by atoms with Crippen LogP contribution in [-0.4, -0.2) is 11.5 Å². The Hall–Kier alpha value is -0.410. The largest absolute Gasteiger partial charge is 0.309 e. The van der Waals surface area contributed by atoms with E-state index in [0.717, 1.165) is 12.5 Å². The maximum absolute atomic E-state index is 4.36. The predicted molar refractivity (Wildman–Crippen MR) is 72.0 cm³/mol. The smallest absolute Gasteiger partial charge is 0.0897 e. The average Bonchev–Trinajstić information content (AvgIpc) is 2.70. The van der Waals surface area contributed by atoms with Crippen LogP contribution in [0.25, 0.3) is 0 Å². The number of nitrogens with one attached hydrogen (secondary N) is 1. The van der Waals surface area contributed by atoms with Crippen LogP contribution < -0.4 is 5.32 Å². The highest BCUT2D eigenvalue weighted by Gasteiger charge is 2.15. The lowest BCUT2D eigenvalue weighted by atomic mass is 9.98. The number of hydrogen-bond donors (Lipinski definition) is 1. The predicted octanol–water partition coefficient (Wildman–Crippen LogP) is 3.93. The fourth-order valence-electron chi connectivity index (χ4n) is 1.73. The molecule has 2 nitrogen and oxygen atoms in total. The summed E-state index contributed by atoms with van der Waals surface area (Å²) in [5.41, 5.74) is 0. The standard InChI is InChI=1S/C13H24N2S/c1-5-7-14-12(8-10(3)6-2)13-9-15-11(4)16-13/h9-10,12,14H,5-8H2,1-4H3. The number of aryl methyl sites for hydroxylation is 1. The van der Waals surface area contributed by atoms with Gasteiger partial charge in [-0.3, -0.25) is 0 Å². The van der Waals surface area contributed by atoms with Crippen molar-refractivity contribution in [2.24, 2.45) is 5.92 Å². The summed E-state index contributed by atoms with van der Waals surface area (Å²) >= 11 is 1.83. The molecule has 0 fully saturated rings. The minimum atomic E-state index is 0.501. The van der Waals surface area contributed by atoms with E-state index in [9.17, 15) is 0 Å². The van der Waals surface area contributed by atoms with Crippen molar-refractivity contribution < 1.29 is 0 Å². The Bertz CT molecular complexity index is 296. The van der Waals surface area contributed by atoms with Gasteiger partial charge in [0.15, 0.2) is 0 Å². The van der Waals surface area contributed by atoms with Crippen LogP contribution in [0.4, 0.5) is 0 Å². The van der Waals surface area contributed by atoms with Crippen LogP contribution in [-0.2, 0) is 0 Å². The molecular formula is C13H24N2S. The van der Waals surface area contributed by atoms with E-state index in [4.69, 9.17) is 0 Å². The van der Waals surface area contributed by atoms with Gasteiger partial charge in [0.2, 0.25) is 0 Å². The zero-order valence-corrected chi connectivity index (χ0v) is 11.7. The summed E-state index contributed by atoms with van der Waals surface area (Å²) in [6.07, 6.45) is 5.70. The zero-order valence-electron chi connectivity index (χ0n) is 10.9. The van der Waals surface area contributed by atoms with Crippen LogP contribution >= 0.6 is 11.3 Å². The lowest BCUT2D eigenvalue weighted by Gasteiger charge is -2.20. The molecule has 2 atom stereocenters. The summed E-state index contributed by atoms with van der Waals surface area (Å²) in [6, 6.07) is 0.501. The molecule has 0 spiro atoms. The van der Waals surface area contributed by atoms with Gasteiger partial charge in [-0.2, -0.15) is 0 Å². The average molecular weight is 240 g/mol. The first-order valence-electron chi connectivity index (χ1n) is 6.33. The van der Waals surface area contributed by atoms with Gasteiger partial charge in [-0.15, -0.1) is 11.3 Å². The van der Waals surface area contributed by atoms with E-state index in [1.54, 1.807) is 0 Å². The third kappa shape index (κ3) is 4.22. The van der Waals surface area contributed by atoms with Crippen LogP contribution in [0.5, 0.6) is 0 Å². The molecule has 0 aromatic carbocycles. The first-order valence-corrected chi connectivity index (χ1v) is 7.14. The van der Waals surface area contributed by atoms with Crippen LogP contribution in [0.15, 0.2) is 6.20 Å². The molecule has 0 saturated heterocycles. The van der Waals surface area contributed by atoms with E-state index >= 15 is 0 Å². The maximum atomic E-state index is 4.36. The highest BCUT2D eigenvalue weighted by Crippen LogP contribution is 2.27. The Morgan fingerprint density at radius 3 is 2.69 bits per heavy atom.